The molecule has 2 atom stereocenters. The number of aliphatic hydroxyl groups excluding tert-OH is 1. The topological polar surface area (TPSA) is 97.3 Å². The number of carbonyl (C=O) groups excluding carboxylic acids is 2. The van der Waals surface area contributed by atoms with Crippen LogP contribution in [0.1, 0.15) is 18.6 Å². The molecule has 1 fully saturated rings. The average molecular weight is 428 g/mol. The summed E-state index contributed by atoms with van der Waals surface area (Å²) in [6.07, 6.45) is -0.919. The summed E-state index contributed by atoms with van der Waals surface area (Å²) in [4.78, 5) is 26.0. The van der Waals surface area contributed by atoms with Gasteiger partial charge in [0.15, 0.2) is 6.61 Å². The van der Waals surface area contributed by atoms with Crippen LogP contribution in [-0.4, -0.2) is 67.4 Å². The second-order valence-electron chi connectivity index (χ2n) is 7.08. The normalized spacial score (nSPS) is 17.3. The molecule has 0 saturated carbocycles. The lowest BCUT2D eigenvalue weighted by Crippen LogP contribution is -2.53. The molecule has 2 N–H and O–H groups in total. The highest BCUT2D eigenvalue weighted by atomic mass is 16.5. The fourth-order valence-electron chi connectivity index (χ4n) is 3.33. The minimum Gasteiger partial charge on any atom is -0.484 e. The number of para-hydroxylation sites is 1. The van der Waals surface area contributed by atoms with Gasteiger partial charge in [0.1, 0.15) is 18.5 Å². The molecule has 0 spiro atoms. The third-order valence-electron chi connectivity index (χ3n) is 4.93. The summed E-state index contributed by atoms with van der Waals surface area (Å²) in [5.41, 5.74) is 1.21. The van der Waals surface area contributed by atoms with Gasteiger partial charge in [-0.3, -0.25) is 9.59 Å². The van der Waals surface area contributed by atoms with Crippen molar-refractivity contribution in [1.82, 2.24) is 4.90 Å². The molecule has 1 heterocycles. The molecular formula is C23H28N2O6. The smallest absolute Gasteiger partial charge is 0.262 e. The van der Waals surface area contributed by atoms with E-state index in [4.69, 9.17) is 14.2 Å². The number of aliphatic hydroxyl groups is 1. The van der Waals surface area contributed by atoms with Crippen molar-refractivity contribution in [2.75, 3.05) is 44.9 Å². The average Bonchev–Trinajstić information content (AvgIpc) is 2.79. The molecule has 0 aromatic heterocycles. The standard InChI is InChI=1S/C23H28N2O6/c1-2-29-13-12-25-20(14-30-16-22(25)27)23(28)17-8-10-18(11-9-17)24-21(26)15-31-19-6-4-3-5-7-19/h3-11,20,23,28H,2,12-16H2,1H3,(H,24,26)/t20-,23-/m1/s1. The summed E-state index contributed by atoms with van der Waals surface area (Å²) in [5.74, 6) is 0.164. The van der Waals surface area contributed by atoms with Gasteiger partial charge in [-0.25, -0.2) is 0 Å². The predicted octanol–water partition coefficient (Wildman–Crippen LogP) is 2.00. The van der Waals surface area contributed by atoms with E-state index >= 15 is 0 Å². The van der Waals surface area contributed by atoms with Crippen molar-refractivity contribution in [3.63, 3.8) is 0 Å². The molecule has 2 aromatic rings. The van der Waals surface area contributed by atoms with Crippen molar-refractivity contribution in [2.45, 2.75) is 19.1 Å². The maximum Gasteiger partial charge on any atom is 0.262 e. The van der Waals surface area contributed by atoms with Crippen LogP contribution in [-0.2, 0) is 19.1 Å². The zero-order valence-corrected chi connectivity index (χ0v) is 17.5. The molecule has 1 aliphatic rings. The van der Waals surface area contributed by atoms with Crippen LogP contribution in [0.2, 0.25) is 0 Å². The fourth-order valence-corrected chi connectivity index (χ4v) is 3.33. The largest absolute Gasteiger partial charge is 0.484 e. The molecular weight excluding hydrogens is 400 g/mol. The Balaban J connectivity index is 1.56. The number of morpholine rings is 1. The van der Waals surface area contributed by atoms with Crippen molar-refractivity contribution < 1.29 is 28.9 Å². The van der Waals surface area contributed by atoms with Crippen LogP contribution in [0.3, 0.4) is 0 Å². The van der Waals surface area contributed by atoms with Gasteiger partial charge >= 0.3 is 0 Å². The van der Waals surface area contributed by atoms with Crippen LogP contribution in [0.4, 0.5) is 5.69 Å². The zero-order valence-electron chi connectivity index (χ0n) is 17.5. The summed E-state index contributed by atoms with van der Waals surface area (Å²) in [6, 6.07) is 15.4. The van der Waals surface area contributed by atoms with Gasteiger partial charge in [0, 0.05) is 18.8 Å². The summed E-state index contributed by atoms with van der Waals surface area (Å²) < 4.78 is 16.1. The van der Waals surface area contributed by atoms with Gasteiger partial charge in [-0.1, -0.05) is 30.3 Å². The van der Waals surface area contributed by atoms with Crippen LogP contribution in [0.15, 0.2) is 54.6 Å². The highest BCUT2D eigenvalue weighted by Crippen LogP contribution is 2.25. The van der Waals surface area contributed by atoms with E-state index in [-0.39, 0.29) is 31.6 Å². The van der Waals surface area contributed by atoms with E-state index < -0.39 is 12.1 Å². The van der Waals surface area contributed by atoms with Crippen molar-refractivity contribution in [3.8, 4) is 5.75 Å². The molecule has 31 heavy (non-hydrogen) atoms. The lowest BCUT2D eigenvalue weighted by atomic mass is 10.00. The van der Waals surface area contributed by atoms with Gasteiger partial charge < -0.3 is 29.5 Å². The first-order valence-corrected chi connectivity index (χ1v) is 10.3. The molecule has 0 radical (unpaired) electrons. The number of hydrogen-bond donors (Lipinski definition) is 2. The van der Waals surface area contributed by atoms with Crippen LogP contribution in [0.25, 0.3) is 0 Å². The molecule has 8 heteroatoms. The third kappa shape index (κ3) is 6.52. The Labute approximate surface area is 181 Å². The van der Waals surface area contributed by atoms with E-state index in [9.17, 15) is 14.7 Å². The number of rotatable bonds is 10. The first-order chi connectivity index (χ1) is 15.1. The van der Waals surface area contributed by atoms with E-state index in [2.05, 4.69) is 5.32 Å². The van der Waals surface area contributed by atoms with Crippen molar-refractivity contribution in [2.24, 2.45) is 0 Å². The molecule has 0 unspecified atom stereocenters. The first-order valence-electron chi connectivity index (χ1n) is 10.3. The Bertz CT molecular complexity index is 843. The number of nitrogens with one attached hydrogen (secondary N) is 1. The number of nitrogens with zero attached hydrogens (tertiary/aromatic N) is 1. The van der Waals surface area contributed by atoms with Crippen LogP contribution in [0, 0.1) is 0 Å². The number of carbonyl (C=O) groups is 2. The maximum absolute atomic E-state index is 12.2. The lowest BCUT2D eigenvalue weighted by Gasteiger charge is -2.38. The number of anilines is 1. The van der Waals surface area contributed by atoms with Crippen LogP contribution in [0.5, 0.6) is 5.75 Å². The molecule has 0 bridgehead atoms. The van der Waals surface area contributed by atoms with Crippen LogP contribution >= 0.6 is 0 Å². The maximum atomic E-state index is 12.2. The molecule has 1 saturated heterocycles. The molecule has 2 aromatic carbocycles. The van der Waals surface area contributed by atoms with Gasteiger partial charge in [0.2, 0.25) is 5.91 Å². The second-order valence-corrected chi connectivity index (χ2v) is 7.08. The van der Waals surface area contributed by atoms with E-state index in [0.717, 1.165) is 0 Å². The van der Waals surface area contributed by atoms with E-state index in [1.165, 1.54) is 0 Å². The Morgan fingerprint density at radius 1 is 1.23 bits per heavy atom. The summed E-state index contributed by atoms with van der Waals surface area (Å²) in [7, 11) is 0. The molecule has 166 valence electrons. The summed E-state index contributed by atoms with van der Waals surface area (Å²) in [6.45, 7) is 3.40. The Morgan fingerprint density at radius 3 is 2.68 bits per heavy atom. The van der Waals surface area contributed by atoms with E-state index in [0.29, 0.717) is 36.8 Å². The summed E-state index contributed by atoms with van der Waals surface area (Å²) in [5, 5.41) is 13.6. The second kappa shape index (κ2) is 11.5. The highest BCUT2D eigenvalue weighted by molar-refractivity contribution is 5.91. The van der Waals surface area contributed by atoms with Crippen molar-refractivity contribution in [1.29, 1.82) is 0 Å². The van der Waals surface area contributed by atoms with Gasteiger partial charge in [0.25, 0.3) is 5.91 Å². The molecule has 3 rings (SSSR count). The van der Waals surface area contributed by atoms with Gasteiger partial charge in [-0.15, -0.1) is 0 Å². The summed E-state index contributed by atoms with van der Waals surface area (Å²) >= 11 is 0. The fraction of sp³-hybridized carbons (Fsp3) is 0.391. The SMILES string of the molecule is CCOCCN1C(=O)COC[C@@H]1[C@H](O)c1ccc(NC(=O)COc2ccccc2)cc1. The Morgan fingerprint density at radius 2 is 1.97 bits per heavy atom. The minimum absolute atomic E-state index is 0.00532. The molecule has 1 aliphatic heterocycles. The zero-order chi connectivity index (χ0) is 22.1. The van der Waals surface area contributed by atoms with E-state index in [1.807, 2.05) is 25.1 Å². The molecule has 0 aliphatic carbocycles. The molecule has 8 nitrogen and oxygen atoms in total. The number of hydrogen-bond acceptors (Lipinski definition) is 6. The number of benzene rings is 2. The minimum atomic E-state index is -0.919. The number of ether oxygens (including phenoxy) is 3. The lowest BCUT2D eigenvalue weighted by molar-refractivity contribution is -0.155. The monoisotopic (exact) mass is 428 g/mol. The van der Waals surface area contributed by atoms with Gasteiger partial charge in [-0.2, -0.15) is 0 Å². The quantitative estimate of drug-likeness (QED) is 0.562. The predicted molar refractivity (Wildman–Crippen MR) is 115 cm³/mol. The Kier molecular flexibility index (Phi) is 8.40. The van der Waals surface area contributed by atoms with Gasteiger partial charge in [-0.05, 0) is 36.8 Å². The van der Waals surface area contributed by atoms with Crippen molar-refractivity contribution in [3.05, 3.63) is 60.2 Å². The van der Waals surface area contributed by atoms with Gasteiger partial charge in [0.05, 0.1) is 19.3 Å². The van der Waals surface area contributed by atoms with E-state index in [1.54, 1.807) is 41.3 Å². The first kappa shape index (κ1) is 22.7. The molecule has 2 amide bonds. The number of amides is 2. The van der Waals surface area contributed by atoms with Crippen molar-refractivity contribution >= 4 is 17.5 Å². The third-order valence-corrected chi connectivity index (χ3v) is 4.93. The Hall–Kier alpha value is -2.94. The van der Waals surface area contributed by atoms with Crippen LogP contribution < -0.4 is 10.1 Å². The highest BCUT2D eigenvalue weighted by Gasteiger charge is 2.34.